The molecule has 0 bridgehead atoms. The van der Waals surface area contributed by atoms with Gasteiger partial charge in [0.1, 0.15) is 5.58 Å². The molecule has 4 aromatic heterocycles. The molecule has 10 heteroatoms. The van der Waals surface area contributed by atoms with E-state index in [2.05, 4.69) is 53.9 Å². The van der Waals surface area contributed by atoms with Gasteiger partial charge in [0.15, 0.2) is 0 Å². The maximum absolute atomic E-state index is 14.4. The van der Waals surface area contributed by atoms with Gasteiger partial charge in [-0.2, -0.15) is 13.2 Å². The summed E-state index contributed by atoms with van der Waals surface area (Å²) in [5.41, 5.74) is 6.28. The largest absolute Gasteiger partial charge is 0.498 e. The molecule has 10 aromatic rings. The fourth-order valence-electron chi connectivity index (χ4n) is 7.29. The Morgan fingerprint density at radius 1 is 0.695 bits per heavy atom. The maximum Gasteiger partial charge on any atom is 0.382 e. The van der Waals surface area contributed by atoms with Crippen molar-refractivity contribution >= 4 is 57.1 Å². The van der Waals surface area contributed by atoms with Crippen LogP contribution < -0.4 is 5.19 Å². The van der Waals surface area contributed by atoms with Gasteiger partial charge in [0.05, 0.1) is 36.0 Å². The number of alkyl halides is 3. The standard InChI is InChI=1S/C35H19F3N3O.C14H16NSi.Ir/c36-35(37,38)26-19-18-25(32-30(26)31-33(42-32)24-14-5-4-12-22(24)20-39-31)34-40-27-15-7-9-17-29(27)41(34)28-16-8-6-13-23(28)21-10-2-1-3-11-21;1-16(2,3)13-9-10-14(15-11-13)12-7-5-4-6-8-12;/h1-17,19-20H;4-7,9-11H,1-3H3;/q2*-1;. The van der Waals surface area contributed by atoms with Crippen LogP contribution in [0.15, 0.2) is 162 Å². The van der Waals surface area contributed by atoms with Crippen LogP contribution in [0.2, 0.25) is 19.6 Å². The Bertz CT molecular complexity index is 3090. The van der Waals surface area contributed by atoms with E-state index in [0.29, 0.717) is 27.9 Å². The summed E-state index contributed by atoms with van der Waals surface area (Å²) in [6.45, 7) is 7.00. The summed E-state index contributed by atoms with van der Waals surface area (Å²) < 4.78 is 51.5. The third-order valence-electron chi connectivity index (χ3n) is 10.2. The van der Waals surface area contributed by atoms with E-state index in [1.165, 1.54) is 5.19 Å². The van der Waals surface area contributed by atoms with Crippen molar-refractivity contribution in [2.45, 2.75) is 25.8 Å². The van der Waals surface area contributed by atoms with Crippen LogP contribution in [0.4, 0.5) is 13.2 Å². The van der Waals surface area contributed by atoms with Gasteiger partial charge in [0, 0.05) is 54.5 Å². The summed E-state index contributed by atoms with van der Waals surface area (Å²) >= 11 is 0. The first-order valence-electron chi connectivity index (χ1n) is 18.8. The van der Waals surface area contributed by atoms with Crippen molar-refractivity contribution in [3.05, 3.63) is 176 Å². The van der Waals surface area contributed by atoms with Gasteiger partial charge < -0.3 is 14.0 Å². The smallest absolute Gasteiger partial charge is 0.382 e. The van der Waals surface area contributed by atoms with Crippen molar-refractivity contribution in [1.82, 2.24) is 19.5 Å². The van der Waals surface area contributed by atoms with Crippen molar-refractivity contribution in [3.63, 3.8) is 0 Å². The molecule has 5 nitrogen and oxygen atoms in total. The Kier molecular flexibility index (Phi) is 10.7. The first-order valence-corrected chi connectivity index (χ1v) is 22.3. The van der Waals surface area contributed by atoms with Crippen molar-refractivity contribution < 1.29 is 37.7 Å². The minimum absolute atomic E-state index is 0. The predicted octanol–water partition coefficient (Wildman–Crippen LogP) is 12.7. The van der Waals surface area contributed by atoms with Crippen LogP contribution in [0.5, 0.6) is 0 Å². The molecule has 0 amide bonds. The minimum atomic E-state index is -4.64. The van der Waals surface area contributed by atoms with Gasteiger partial charge in [-0.05, 0) is 45.6 Å². The minimum Gasteiger partial charge on any atom is -0.498 e. The first-order chi connectivity index (χ1) is 28.1. The van der Waals surface area contributed by atoms with Crippen LogP contribution in [0.3, 0.4) is 0 Å². The summed E-state index contributed by atoms with van der Waals surface area (Å²) in [5, 5.41) is 2.74. The van der Waals surface area contributed by atoms with Crippen molar-refractivity contribution in [3.8, 4) is 39.5 Å². The van der Waals surface area contributed by atoms with E-state index in [9.17, 15) is 13.2 Å². The molecule has 1 radical (unpaired) electrons. The molecule has 59 heavy (non-hydrogen) atoms. The Morgan fingerprint density at radius 3 is 2.17 bits per heavy atom. The zero-order valence-corrected chi connectivity index (χ0v) is 35.6. The predicted molar refractivity (Wildman–Crippen MR) is 230 cm³/mol. The number of para-hydroxylation sites is 3. The second kappa shape index (κ2) is 15.9. The van der Waals surface area contributed by atoms with E-state index in [0.717, 1.165) is 45.0 Å². The normalized spacial score (nSPS) is 11.8. The van der Waals surface area contributed by atoms with Gasteiger partial charge in [-0.1, -0.05) is 122 Å². The summed E-state index contributed by atoms with van der Waals surface area (Å²) in [4.78, 5) is 13.9. The molecular formula is C49H35F3IrN4OSi-2. The molecule has 0 N–H and O–H groups in total. The first kappa shape index (κ1) is 39.6. The van der Waals surface area contributed by atoms with Crippen LogP contribution in [0, 0.1) is 12.1 Å². The number of aromatic nitrogens is 4. The average molecular weight is 973 g/mol. The fraction of sp³-hybridized carbons (Fsp3) is 0.0816. The van der Waals surface area contributed by atoms with Crippen LogP contribution in [0.25, 0.3) is 83.3 Å². The molecule has 0 unspecified atom stereocenters. The molecule has 4 heterocycles. The van der Waals surface area contributed by atoms with Crippen LogP contribution in [-0.4, -0.2) is 27.6 Å². The number of fused-ring (bicyclic) bond motifs is 6. The zero-order valence-electron chi connectivity index (χ0n) is 32.2. The molecular weight excluding hydrogens is 938 g/mol. The van der Waals surface area contributed by atoms with Gasteiger partial charge in [0.25, 0.3) is 0 Å². The number of furan rings is 1. The monoisotopic (exact) mass is 973 g/mol. The van der Waals surface area contributed by atoms with E-state index in [1.54, 1.807) is 6.20 Å². The molecule has 10 rings (SSSR count). The molecule has 0 aliphatic rings. The van der Waals surface area contributed by atoms with Gasteiger partial charge in [0.2, 0.25) is 0 Å². The number of hydrogen-bond acceptors (Lipinski definition) is 4. The fourth-order valence-corrected chi connectivity index (χ4v) is 8.33. The number of hydrogen-bond donors (Lipinski definition) is 0. The quantitative estimate of drug-likeness (QED) is 0.127. The number of pyridine rings is 2. The second-order valence-electron chi connectivity index (χ2n) is 15.0. The second-order valence-corrected chi connectivity index (χ2v) is 20.1. The number of imidazole rings is 1. The Hall–Kier alpha value is -6.19. The topological polar surface area (TPSA) is 56.7 Å². The number of rotatable bonds is 5. The van der Waals surface area contributed by atoms with E-state index in [1.807, 2.05) is 138 Å². The van der Waals surface area contributed by atoms with Gasteiger partial charge in [-0.3, -0.25) is 9.97 Å². The SMILES string of the molecule is C[Si](C)(C)c1ccc(-c2[c-]cccc2)nc1.FC(F)(F)c1c[c-]c(-c2nc3ccccc3n2-c2ccccc2-c2ccccc2)c2oc3c4ccccc4cnc3c12.[Ir]. The average Bonchev–Trinajstić information content (AvgIpc) is 3.83. The third-order valence-corrected chi connectivity index (χ3v) is 12.2. The van der Waals surface area contributed by atoms with E-state index in [4.69, 9.17) is 9.40 Å². The van der Waals surface area contributed by atoms with E-state index in [-0.39, 0.29) is 36.6 Å². The molecule has 0 saturated carbocycles. The van der Waals surface area contributed by atoms with E-state index >= 15 is 0 Å². The molecule has 0 fully saturated rings. The van der Waals surface area contributed by atoms with Gasteiger partial charge >= 0.3 is 6.18 Å². The Balaban J connectivity index is 0.000000240. The molecule has 293 valence electrons. The van der Waals surface area contributed by atoms with Gasteiger partial charge in [-0.25, -0.2) is 0 Å². The Labute approximate surface area is 353 Å². The summed E-state index contributed by atoms with van der Waals surface area (Å²) in [5.74, 6) is 0.418. The zero-order chi connectivity index (χ0) is 40.0. The summed E-state index contributed by atoms with van der Waals surface area (Å²) in [6.07, 6.45) is -1.05. The molecule has 0 atom stereocenters. The van der Waals surface area contributed by atoms with E-state index < -0.39 is 19.8 Å². The van der Waals surface area contributed by atoms with Crippen LogP contribution >= 0.6 is 0 Å². The van der Waals surface area contributed by atoms with Crippen molar-refractivity contribution in [1.29, 1.82) is 0 Å². The number of halogens is 3. The molecule has 6 aromatic carbocycles. The van der Waals surface area contributed by atoms with Gasteiger partial charge in [-0.15, -0.1) is 48.0 Å². The summed E-state index contributed by atoms with van der Waals surface area (Å²) in [7, 11) is -1.23. The number of nitrogens with zero attached hydrogens (tertiary/aromatic N) is 4. The third kappa shape index (κ3) is 7.51. The molecule has 0 saturated heterocycles. The summed E-state index contributed by atoms with van der Waals surface area (Å²) in [6, 6.07) is 52.2. The maximum atomic E-state index is 14.4. The number of benzene rings is 6. The van der Waals surface area contributed by atoms with Crippen LogP contribution in [0.1, 0.15) is 5.56 Å². The van der Waals surface area contributed by atoms with Crippen molar-refractivity contribution in [2.75, 3.05) is 0 Å². The van der Waals surface area contributed by atoms with Crippen molar-refractivity contribution in [2.24, 2.45) is 0 Å². The Morgan fingerprint density at radius 2 is 1.42 bits per heavy atom. The molecule has 0 aliphatic carbocycles. The molecule has 0 aliphatic heterocycles. The van der Waals surface area contributed by atoms with Crippen LogP contribution in [-0.2, 0) is 26.3 Å². The molecule has 0 spiro atoms.